The van der Waals surface area contributed by atoms with Gasteiger partial charge < -0.3 is 15.5 Å². The Labute approximate surface area is 152 Å². The van der Waals surface area contributed by atoms with Gasteiger partial charge in [0.05, 0.1) is 10.0 Å². The molecule has 0 aliphatic rings. The molecule has 2 N–H and O–H groups in total. The minimum atomic E-state index is 0.571. The molecule has 3 nitrogen and oxygen atoms in total. The van der Waals surface area contributed by atoms with E-state index in [1.165, 1.54) is 0 Å². The third kappa shape index (κ3) is 5.57. The predicted molar refractivity (Wildman–Crippen MR) is 105 cm³/mol. The fourth-order valence-electron chi connectivity index (χ4n) is 2.03. The van der Waals surface area contributed by atoms with Crippen LogP contribution < -0.4 is 15.5 Å². The van der Waals surface area contributed by atoms with Crippen LogP contribution in [-0.4, -0.2) is 25.8 Å². The van der Waals surface area contributed by atoms with E-state index in [1.807, 2.05) is 56.6 Å². The number of rotatable bonds is 5. The fraction of sp³-hybridized carbons (Fsp3) is 0.235. The van der Waals surface area contributed by atoms with Crippen LogP contribution in [0.5, 0.6) is 0 Å². The van der Waals surface area contributed by atoms with E-state index >= 15 is 0 Å². The molecule has 0 heterocycles. The maximum atomic E-state index is 6.00. The Kier molecular flexibility index (Phi) is 6.51. The average Bonchev–Trinajstić information content (AvgIpc) is 2.51. The van der Waals surface area contributed by atoms with Gasteiger partial charge in [0.2, 0.25) is 0 Å². The number of thiocarbonyl (C=S) groups is 1. The standard InChI is InChI=1S/C17H19Cl2N3S/c1-22(2)14-6-4-13(5-7-14)21-17(23)20-10-9-12-3-8-15(18)16(19)11-12/h3-8,11H,9-10H2,1-2H3,(H2,20,21,23). The number of benzene rings is 2. The van der Waals surface area contributed by atoms with Crippen molar-refractivity contribution < 1.29 is 0 Å². The van der Waals surface area contributed by atoms with Crippen LogP contribution in [0.15, 0.2) is 42.5 Å². The van der Waals surface area contributed by atoms with Crippen molar-refractivity contribution in [1.29, 1.82) is 0 Å². The minimum Gasteiger partial charge on any atom is -0.378 e. The summed E-state index contributed by atoms with van der Waals surface area (Å²) in [4.78, 5) is 2.05. The van der Waals surface area contributed by atoms with Crippen LogP contribution >= 0.6 is 35.4 Å². The van der Waals surface area contributed by atoms with Crippen molar-refractivity contribution in [2.45, 2.75) is 6.42 Å². The molecule has 0 saturated heterocycles. The maximum absolute atomic E-state index is 6.00. The van der Waals surface area contributed by atoms with Crippen molar-refractivity contribution >= 4 is 51.9 Å². The molecule has 2 aromatic carbocycles. The lowest BCUT2D eigenvalue weighted by Crippen LogP contribution is -2.30. The van der Waals surface area contributed by atoms with Crippen LogP contribution in [0.2, 0.25) is 10.0 Å². The minimum absolute atomic E-state index is 0.571. The summed E-state index contributed by atoms with van der Waals surface area (Å²) in [5.41, 5.74) is 3.22. The second-order valence-corrected chi connectivity index (χ2v) is 6.54. The van der Waals surface area contributed by atoms with Gasteiger partial charge >= 0.3 is 0 Å². The van der Waals surface area contributed by atoms with Gasteiger partial charge in [-0.15, -0.1) is 0 Å². The lowest BCUT2D eigenvalue weighted by Gasteiger charge is -2.14. The highest BCUT2D eigenvalue weighted by Gasteiger charge is 2.02. The van der Waals surface area contributed by atoms with Crippen LogP contribution in [0.3, 0.4) is 0 Å². The number of hydrogen-bond acceptors (Lipinski definition) is 2. The zero-order valence-corrected chi connectivity index (χ0v) is 15.4. The van der Waals surface area contributed by atoms with Crippen molar-refractivity contribution in [1.82, 2.24) is 5.32 Å². The molecule has 23 heavy (non-hydrogen) atoms. The molecular formula is C17H19Cl2N3S. The molecule has 0 aliphatic heterocycles. The largest absolute Gasteiger partial charge is 0.378 e. The lowest BCUT2D eigenvalue weighted by atomic mass is 10.1. The summed E-state index contributed by atoms with van der Waals surface area (Å²) in [7, 11) is 4.02. The molecule has 0 aliphatic carbocycles. The SMILES string of the molecule is CN(C)c1ccc(NC(=S)NCCc2ccc(Cl)c(Cl)c2)cc1. The number of nitrogens with zero attached hydrogens (tertiary/aromatic N) is 1. The van der Waals surface area contributed by atoms with E-state index < -0.39 is 0 Å². The van der Waals surface area contributed by atoms with E-state index in [9.17, 15) is 0 Å². The predicted octanol–water partition coefficient (Wildman–Crippen LogP) is 4.59. The van der Waals surface area contributed by atoms with Crippen LogP contribution in [0.1, 0.15) is 5.56 Å². The summed E-state index contributed by atoms with van der Waals surface area (Å²) in [6, 6.07) is 13.7. The lowest BCUT2D eigenvalue weighted by molar-refractivity contribution is 0.873. The van der Waals surface area contributed by atoms with Gasteiger partial charge in [0, 0.05) is 32.0 Å². The highest BCUT2D eigenvalue weighted by molar-refractivity contribution is 7.80. The van der Waals surface area contributed by atoms with E-state index in [2.05, 4.69) is 15.5 Å². The topological polar surface area (TPSA) is 27.3 Å². The first-order valence-corrected chi connectivity index (χ1v) is 8.38. The van der Waals surface area contributed by atoms with Crippen LogP contribution in [0, 0.1) is 0 Å². The first kappa shape index (κ1) is 17.9. The molecule has 6 heteroatoms. The van der Waals surface area contributed by atoms with Crippen molar-refractivity contribution in [3.63, 3.8) is 0 Å². The number of halogens is 2. The summed E-state index contributed by atoms with van der Waals surface area (Å²) < 4.78 is 0. The monoisotopic (exact) mass is 367 g/mol. The molecule has 2 aromatic rings. The molecule has 0 fully saturated rings. The van der Waals surface area contributed by atoms with Gasteiger partial charge in [-0.25, -0.2) is 0 Å². The third-order valence-corrected chi connectivity index (χ3v) is 4.31. The molecule has 0 radical (unpaired) electrons. The third-order valence-electron chi connectivity index (χ3n) is 3.32. The van der Waals surface area contributed by atoms with Crippen molar-refractivity contribution in [2.75, 3.05) is 30.9 Å². The second kappa shape index (κ2) is 8.39. The zero-order chi connectivity index (χ0) is 16.8. The summed E-state index contributed by atoms with van der Waals surface area (Å²) >= 11 is 17.2. The van der Waals surface area contributed by atoms with E-state index in [0.717, 1.165) is 29.9 Å². The number of nitrogens with one attached hydrogen (secondary N) is 2. The average molecular weight is 368 g/mol. The molecule has 0 saturated carbocycles. The van der Waals surface area contributed by atoms with Gasteiger partial charge in [-0.1, -0.05) is 29.3 Å². The molecule has 0 bridgehead atoms. The Hall–Kier alpha value is -1.49. The molecule has 122 valence electrons. The summed E-state index contributed by atoms with van der Waals surface area (Å²) in [5, 5.41) is 8.10. The van der Waals surface area contributed by atoms with Crippen molar-refractivity contribution in [3.05, 3.63) is 58.1 Å². The summed E-state index contributed by atoms with van der Waals surface area (Å²) in [6.45, 7) is 0.722. The van der Waals surface area contributed by atoms with E-state index in [0.29, 0.717) is 15.2 Å². The van der Waals surface area contributed by atoms with Crippen LogP contribution in [-0.2, 0) is 6.42 Å². The Bertz CT molecular complexity index is 672. The van der Waals surface area contributed by atoms with E-state index in [-0.39, 0.29) is 0 Å². The van der Waals surface area contributed by atoms with Crippen LogP contribution in [0.4, 0.5) is 11.4 Å². The molecular weight excluding hydrogens is 349 g/mol. The molecule has 0 spiro atoms. The summed E-state index contributed by atoms with van der Waals surface area (Å²) in [5.74, 6) is 0. The van der Waals surface area contributed by atoms with Gasteiger partial charge in [0.25, 0.3) is 0 Å². The first-order chi connectivity index (χ1) is 11.0. The number of hydrogen-bond donors (Lipinski definition) is 2. The highest BCUT2D eigenvalue weighted by atomic mass is 35.5. The molecule has 0 aromatic heterocycles. The first-order valence-electron chi connectivity index (χ1n) is 7.22. The molecule has 2 rings (SSSR count). The Morgan fingerprint density at radius 3 is 2.35 bits per heavy atom. The Morgan fingerprint density at radius 1 is 1.04 bits per heavy atom. The second-order valence-electron chi connectivity index (χ2n) is 5.32. The van der Waals surface area contributed by atoms with Gasteiger partial charge in [-0.2, -0.15) is 0 Å². The summed E-state index contributed by atoms with van der Waals surface area (Å²) in [6.07, 6.45) is 0.818. The van der Waals surface area contributed by atoms with E-state index in [4.69, 9.17) is 35.4 Å². The molecule has 0 unspecified atom stereocenters. The zero-order valence-electron chi connectivity index (χ0n) is 13.1. The molecule has 0 atom stereocenters. The smallest absolute Gasteiger partial charge is 0.170 e. The number of anilines is 2. The quantitative estimate of drug-likeness (QED) is 0.755. The van der Waals surface area contributed by atoms with Gasteiger partial charge in [0.1, 0.15) is 0 Å². The maximum Gasteiger partial charge on any atom is 0.170 e. The van der Waals surface area contributed by atoms with Crippen molar-refractivity contribution in [3.8, 4) is 0 Å². The van der Waals surface area contributed by atoms with Gasteiger partial charge in [0.15, 0.2) is 5.11 Å². The molecule has 0 amide bonds. The van der Waals surface area contributed by atoms with Gasteiger partial charge in [-0.05, 0) is 60.6 Å². The normalized spacial score (nSPS) is 10.3. The van der Waals surface area contributed by atoms with Gasteiger partial charge in [-0.3, -0.25) is 0 Å². The Morgan fingerprint density at radius 2 is 1.74 bits per heavy atom. The van der Waals surface area contributed by atoms with Crippen molar-refractivity contribution in [2.24, 2.45) is 0 Å². The van der Waals surface area contributed by atoms with Crippen LogP contribution in [0.25, 0.3) is 0 Å². The van der Waals surface area contributed by atoms with E-state index in [1.54, 1.807) is 0 Å². The highest BCUT2D eigenvalue weighted by Crippen LogP contribution is 2.22. The Balaban J connectivity index is 1.79. The fourth-order valence-corrected chi connectivity index (χ4v) is 2.57.